The van der Waals surface area contributed by atoms with E-state index in [0.717, 1.165) is 19.3 Å². The maximum atomic E-state index is 12.8. The van der Waals surface area contributed by atoms with E-state index in [2.05, 4.69) is 5.32 Å². The summed E-state index contributed by atoms with van der Waals surface area (Å²) >= 11 is 0. The zero-order valence-electron chi connectivity index (χ0n) is 14.8. The van der Waals surface area contributed by atoms with E-state index >= 15 is 0 Å². The van der Waals surface area contributed by atoms with Crippen LogP contribution in [0.5, 0.6) is 5.75 Å². The summed E-state index contributed by atoms with van der Waals surface area (Å²) in [5.74, 6) is -0.00881. The molecule has 0 aliphatic carbocycles. The van der Waals surface area contributed by atoms with Crippen LogP contribution in [0.25, 0.3) is 0 Å². The third-order valence-electron chi connectivity index (χ3n) is 4.18. The predicted octanol–water partition coefficient (Wildman–Crippen LogP) is 1.64. The summed E-state index contributed by atoms with van der Waals surface area (Å²) in [6, 6.07) is 4.42. The highest BCUT2D eigenvalue weighted by Crippen LogP contribution is 2.26. The van der Waals surface area contributed by atoms with Crippen LogP contribution in [0.15, 0.2) is 23.1 Å². The van der Waals surface area contributed by atoms with Gasteiger partial charge in [0.2, 0.25) is 10.0 Å². The highest BCUT2D eigenvalue weighted by atomic mass is 32.2. The number of hydrogen-bond donors (Lipinski definition) is 1. The molecule has 1 aliphatic rings. The molecule has 0 atom stereocenters. The molecule has 1 N–H and O–H groups in total. The molecule has 0 bridgehead atoms. The van der Waals surface area contributed by atoms with Gasteiger partial charge in [0.1, 0.15) is 5.75 Å². The van der Waals surface area contributed by atoms with E-state index in [4.69, 9.17) is 9.47 Å². The minimum Gasteiger partial charge on any atom is -0.496 e. The highest BCUT2D eigenvalue weighted by molar-refractivity contribution is 7.89. The molecule has 0 unspecified atom stereocenters. The van der Waals surface area contributed by atoms with Crippen LogP contribution in [0.1, 0.15) is 36.0 Å². The minimum absolute atomic E-state index is 0.122. The molecule has 0 radical (unpaired) electrons. The van der Waals surface area contributed by atoms with Crippen molar-refractivity contribution in [3.63, 3.8) is 0 Å². The Balaban J connectivity index is 2.22. The number of amides is 1. The van der Waals surface area contributed by atoms with Crippen molar-refractivity contribution in [1.29, 1.82) is 0 Å². The molecule has 1 saturated heterocycles. The summed E-state index contributed by atoms with van der Waals surface area (Å²) in [5, 5.41) is 2.76. The van der Waals surface area contributed by atoms with Gasteiger partial charge in [0, 0.05) is 33.4 Å². The Bertz CT molecular complexity index is 684. The summed E-state index contributed by atoms with van der Waals surface area (Å²) in [7, 11) is -0.543. The Kier molecular flexibility index (Phi) is 7.22. The van der Waals surface area contributed by atoms with E-state index in [0.29, 0.717) is 38.4 Å². The molecule has 0 aromatic heterocycles. The van der Waals surface area contributed by atoms with E-state index in [1.165, 1.54) is 29.6 Å². The Morgan fingerprint density at radius 3 is 2.56 bits per heavy atom. The molecule has 25 heavy (non-hydrogen) atoms. The Hall–Kier alpha value is -1.64. The SMILES string of the molecule is COCCCNC(=O)c1cc(S(=O)(=O)N2CCCCC2)ccc1OC. The molecule has 0 saturated carbocycles. The number of ether oxygens (including phenoxy) is 2. The van der Waals surface area contributed by atoms with Gasteiger partial charge in [0.05, 0.1) is 17.6 Å². The van der Waals surface area contributed by atoms with E-state index < -0.39 is 10.0 Å². The van der Waals surface area contributed by atoms with Crippen molar-refractivity contribution in [3.05, 3.63) is 23.8 Å². The van der Waals surface area contributed by atoms with Crippen LogP contribution in [-0.4, -0.2) is 59.1 Å². The van der Waals surface area contributed by atoms with Crippen molar-refractivity contribution in [3.8, 4) is 5.75 Å². The average Bonchev–Trinajstić information content (AvgIpc) is 2.65. The van der Waals surface area contributed by atoms with Crippen LogP contribution in [0.2, 0.25) is 0 Å². The van der Waals surface area contributed by atoms with Gasteiger partial charge in [-0.05, 0) is 37.5 Å². The summed E-state index contributed by atoms with van der Waals surface area (Å²) in [4.78, 5) is 12.5. The second kappa shape index (κ2) is 9.17. The predicted molar refractivity (Wildman–Crippen MR) is 94.4 cm³/mol. The van der Waals surface area contributed by atoms with Gasteiger partial charge in [-0.2, -0.15) is 4.31 Å². The molecule has 2 rings (SSSR count). The monoisotopic (exact) mass is 370 g/mol. The first-order valence-electron chi connectivity index (χ1n) is 8.46. The van der Waals surface area contributed by atoms with E-state index in [1.54, 1.807) is 7.11 Å². The van der Waals surface area contributed by atoms with Crippen LogP contribution < -0.4 is 10.1 Å². The van der Waals surface area contributed by atoms with Crippen molar-refractivity contribution in [2.45, 2.75) is 30.6 Å². The second-order valence-electron chi connectivity index (χ2n) is 5.93. The van der Waals surface area contributed by atoms with Gasteiger partial charge in [0.25, 0.3) is 5.91 Å². The van der Waals surface area contributed by atoms with Crippen LogP contribution in [0.4, 0.5) is 0 Å². The molecule has 1 amide bonds. The number of benzene rings is 1. The standard InChI is InChI=1S/C17H26N2O5S/c1-23-12-6-9-18-17(20)15-13-14(7-8-16(15)24-2)25(21,22)19-10-4-3-5-11-19/h7-8,13H,3-6,9-12H2,1-2H3,(H,18,20). The van der Waals surface area contributed by atoms with Gasteiger partial charge < -0.3 is 14.8 Å². The molecule has 7 nitrogen and oxygen atoms in total. The lowest BCUT2D eigenvalue weighted by Gasteiger charge is -2.26. The number of nitrogens with zero attached hydrogens (tertiary/aromatic N) is 1. The Morgan fingerprint density at radius 2 is 1.92 bits per heavy atom. The maximum absolute atomic E-state index is 12.8. The molecule has 1 heterocycles. The number of carbonyl (C=O) groups excluding carboxylic acids is 1. The fourth-order valence-electron chi connectivity index (χ4n) is 2.79. The van der Waals surface area contributed by atoms with Gasteiger partial charge in [-0.15, -0.1) is 0 Å². The maximum Gasteiger partial charge on any atom is 0.255 e. The van der Waals surface area contributed by atoms with Gasteiger partial charge in [-0.3, -0.25) is 4.79 Å². The molecule has 140 valence electrons. The lowest BCUT2D eigenvalue weighted by atomic mass is 10.2. The molecule has 1 aliphatic heterocycles. The van der Waals surface area contributed by atoms with Gasteiger partial charge in [0.15, 0.2) is 0 Å². The largest absolute Gasteiger partial charge is 0.496 e. The quantitative estimate of drug-likeness (QED) is 0.703. The first-order chi connectivity index (χ1) is 12.0. The number of sulfonamides is 1. The number of hydrogen-bond acceptors (Lipinski definition) is 5. The third kappa shape index (κ3) is 4.93. The number of nitrogens with one attached hydrogen (secondary N) is 1. The molecule has 0 spiro atoms. The molecular formula is C17H26N2O5S. The smallest absolute Gasteiger partial charge is 0.255 e. The van der Waals surface area contributed by atoms with Crippen molar-refractivity contribution in [2.75, 3.05) is 40.5 Å². The molecule has 1 aromatic carbocycles. The summed E-state index contributed by atoms with van der Waals surface area (Å²) in [6.07, 6.45) is 3.45. The summed E-state index contributed by atoms with van der Waals surface area (Å²) in [6.45, 7) is 2.03. The Labute approximate surface area is 149 Å². The third-order valence-corrected chi connectivity index (χ3v) is 6.07. The van der Waals surface area contributed by atoms with Gasteiger partial charge in [-0.1, -0.05) is 6.42 Å². The summed E-state index contributed by atoms with van der Waals surface area (Å²) in [5.41, 5.74) is 0.220. The molecule has 1 fully saturated rings. The highest BCUT2D eigenvalue weighted by Gasteiger charge is 2.27. The fraction of sp³-hybridized carbons (Fsp3) is 0.588. The lowest BCUT2D eigenvalue weighted by Crippen LogP contribution is -2.35. The number of rotatable bonds is 8. The molecule has 8 heteroatoms. The number of methoxy groups -OCH3 is 2. The topological polar surface area (TPSA) is 84.9 Å². The number of carbonyl (C=O) groups is 1. The van der Waals surface area contributed by atoms with Crippen LogP contribution in [-0.2, 0) is 14.8 Å². The first-order valence-corrected chi connectivity index (χ1v) is 9.90. The normalized spacial score (nSPS) is 15.8. The average molecular weight is 370 g/mol. The van der Waals surface area contributed by atoms with Crippen LogP contribution >= 0.6 is 0 Å². The zero-order chi connectivity index (χ0) is 18.3. The van der Waals surface area contributed by atoms with Crippen molar-refractivity contribution < 1.29 is 22.7 Å². The van der Waals surface area contributed by atoms with E-state index in [1.807, 2.05) is 0 Å². The van der Waals surface area contributed by atoms with Crippen molar-refractivity contribution in [1.82, 2.24) is 9.62 Å². The van der Waals surface area contributed by atoms with Gasteiger partial charge >= 0.3 is 0 Å². The van der Waals surface area contributed by atoms with Gasteiger partial charge in [-0.25, -0.2) is 8.42 Å². The van der Waals surface area contributed by atoms with E-state index in [-0.39, 0.29) is 16.4 Å². The van der Waals surface area contributed by atoms with Crippen LogP contribution in [0.3, 0.4) is 0 Å². The van der Waals surface area contributed by atoms with E-state index in [9.17, 15) is 13.2 Å². The van der Waals surface area contributed by atoms with Crippen LogP contribution in [0, 0.1) is 0 Å². The molecular weight excluding hydrogens is 344 g/mol. The minimum atomic E-state index is -3.59. The number of piperidine rings is 1. The first kappa shape index (κ1) is 19.7. The second-order valence-corrected chi connectivity index (χ2v) is 7.87. The zero-order valence-corrected chi connectivity index (χ0v) is 15.6. The van der Waals surface area contributed by atoms with Crippen molar-refractivity contribution in [2.24, 2.45) is 0 Å². The summed E-state index contributed by atoms with van der Waals surface area (Å²) < 4.78 is 37.2. The fourth-order valence-corrected chi connectivity index (χ4v) is 4.34. The molecule has 1 aromatic rings. The lowest BCUT2D eigenvalue weighted by molar-refractivity contribution is 0.0945. The van der Waals surface area contributed by atoms with Crippen molar-refractivity contribution >= 4 is 15.9 Å². The Morgan fingerprint density at radius 1 is 1.20 bits per heavy atom.